The van der Waals surface area contributed by atoms with E-state index in [0.29, 0.717) is 10.6 Å². The number of hydrogen-bond donors (Lipinski definition) is 2. The number of amides is 1. The summed E-state index contributed by atoms with van der Waals surface area (Å²) in [4.78, 5) is 11.9. The highest BCUT2D eigenvalue weighted by Crippen LogP contribution is 2.23. The molecular formula is C15H11ClF3NO3. The molecule has 0 aliphatic heterocycles. The summed E-state index contributed by atoms with van der Waals surface area (Å²) >= 11 is 5.75. The largest absolute Gasteiger partial charge is 0.573 e. The first-order valence-electron chi connectivity index (χ1n) is 6.36. The van der Waals surface area contributed by atoms with Gasteiger partial charge in [0.2, 0.25) is 0 Å². The van der Waals surface area contributed by atoms with Crippen molar-refractivity contribution in [2.45, 2.75) is 12.9 Å². The summed E-state index contributed by atoms with van der Waals surface area (Å²) < 4.78 is 39.9. The highest BCUT2D eigenvalue weighted by molar-refractivity contribution is 6.31. The van der Waals surface area contributed by atoms with Gasteiger partial charge in [0.15, 0.2) is 0 Å². The van der Waals surface area contributed by atoms with Crippen LogP contribution in [0.4, 0.5) is 13.2 Å². The Morgan fingerprint density at radius 3 is 2.43 bits per heavy atom. The van der Waals surface area contributed by atoms with Gasteiger partial charge in [-0.05, 0) is 35.9 Å². The second-order valence-electron chi connectivity index (χ2n) is 4.54. The first kappa shape index (κ1) is 17.0. The summed E-state index contributed by atoms with van der Waals surface area (Å²) in [5, 5.41) is 12.4. The molecule has 2 aromatic rings. The summed E-state index contributed by atoms with van der Waals surface area (Å²) in [5.74, 6) is -1.12. The van der Waals surface area contributed by atoms with Gasteiger partial charge in [-0.25, -0.2) is 0 Å². The minimum absolute atomic E-state index is 0.00882. The molecular weight excluding hydrogens is 335 g/mol. The quantitative estimate of drug-likeness (QED) is 0.884. The van der Waals surface area contributed by atoms with Gasteiger partial charge in [0.1, 0.15) is 11.5 Å². The molecule has 23 heavy (non-hydrogen) atoms. The fraction of sp³-hybridized carbons (Fsp3) is 0.133. The van der Waals surface area contributed by atoms with Crippen molar-refractivity contribution in [3.05, 3.63) is 58.6 Å². The number of alkyl halides is 3. The van der Waals surface area contributed by atoms with E-state index in [2.05, 4.69) is 10.1 Å². The highest BCUT2D eigenvalue weighted by atomic mass is 35.5. The number of halogens is 4. The Balaban J connectivity index is 1.98. The van der Waals surface area contributed by atoms with Crippen LogP contribution in [0.15, 0.2) is 42.5 Å². The number of carbonyl (C=O) groups is 1. The third kappa shape index (κ3) is 5.07. The minimum atomic E-state index is -4.75. The third-order valence-electron chi connectivity index (χ3n) is 2.81. The van der Waals surface area contributed by atoms with E-state index in [1.165, 1.54) is 30.3 Å². The standard InChI is InChI=1S/C15H11ClF3NO3/c16-10-3-6-13(21)12(7-10)14(22)20-8-9-1-4-11(5-2-9)23-15(17,18)19/h1-7,21H,8H2,(H,20,22). The predicted octanol–water partition coefficient (Wildman–Crippen LogP) is 3.87. The van der Waals surface area contributed by atoms with Crippen LogP contribution in [-0.4, -0.2) is 17.4 Å². The van der Waals surface area contributed by atoms with Gasteiger partial charge in [0.05, 0.1) is 5.56 Å². The number of aromatic hydroxyl groups is 1. The van der Waals surface area contributed by atoms with Crippen LogP contribution in [0.3, 0.4) is 0 Å². The van der Waals surface area contributed by atoms with Crippen molar-refractivity contribution >= 4 is 17.5 Å². The number of ether oxygens (including phenoxy) is 1. The van der Waals surface area contributed by atoms with E-state index in [9.17, 15) is 23.1 Å². The number of phenols is 1. The van der Waals surface area contributed by atoms with E-state index >= 15 is 0 Å². The van der Waals surface area contributed by atoms with E-state index in [1.807, 2.05) is 0 Å². The average Bonchev–Trinajstić information content (AvgIpc) is 2.47. The van der Waals surface area contributed by atoms with Crippen molar-refractivity contribution in [3.8, 4) is 11.5 Å². The van der Waals surface area contributed by atoms with Crippen molar-refractivity contribution in [2.75, 3.05) is 0 Å². The second-order valence-corrected chi connectivity index (χ2v) is 4.97. The Hall–Kier alpha value is -2.41. The zero-order chi connectivity index (χ0) is 17.0. The Labute approximate surface area is 134 Å². The predicted molar refractivity (Wildman–Crippen MR) is 77.4 cm³/mol. The van der Waals surface area contributed by atoms with Gasteiger partial charge in [-0.1, -0.05) is 23.7 Å². The molecule has 0 spiro atoms. The van der Waals surface area contributed by atoms with Crippen LogP contribution >= 0.6 is 11.6 Å². The lowest BCUT2D eigenvalue weighted by atomic mass is 10.1. The van der Waals surface area contributed by atoms with Gasteiger partial charge < -0.3 is 15.2 Å². The lowest BCUT2D eigenvalue weighted by Gasteiger charge is -2.10. The summed E-state index contributed by atoms with van der Waals surface area (Å²) in [6.07, 6.45) is -4.75. The molecule has 2 N–H and O–H groups in total. The summed E-state index contributed by atoms with van der Waals surface area (Å²) in [7, 11) is 0. The third-order valence-corrected chi connectivity index (χ3v) is 3.05. The lowest BCUT2D eigenvalue weighted by Crippen LogP contribution is -2.23. The number of nitrogens with one attached hydrogen (secondary N) is 1. The zero-order valence-electron chi connectivity index (χ0n) is 11.5. The second kappa shape index (κ2) is 6.78. The Morgan fingerprint density at radius 2 is 1.83 bits per heavy atom. The van der Waals surface area contributed by atoms with Crippen LogP contribution in [0, 0.1) is 0 Å². The van der Waals surface area contributed by atoms with Crippen LogP contribution < -0.4 is 10.1 Å². The molecule has 2 aromatic carbocycles. The molecule has 122 valence electrons. The smallest absolute Gasteiger partial charge is 0.507 e. The number of benzene rings is 2. The van der Waals surface area contributed by atoms with Gasteiger partial charge in [-0.15, -0.1) is 13.2 Å². The average molecular weight is 346 g/mol. The first-order chi connectivity index (χ1) is 10.7. The molecule has 0 heterocycles. The van der Waals surface area contributed by atoms with Gasteiger partial charge in [0, 0.05) is 11.6 Å². The summed E-state index contributed by atoms with van der Waals surface area (Å²) in [6, 6.07) is 9.11. The van der Waals surface area contributed by atoms with E-state index in [1.54, 1.807) is 0 Å². The number of hydrogen-bond acceptors (Lipinski definition) is 3. The molecule has 4 nitrogen and oxygen atoms in total. The van der Waals surface area contributed by atoms with Crippen LogP contribution in [0.2, 0.25) is 5.02 Å². The molecule has 1 amide bonds. The molecule has 0 aromatic heterocycles. The maximum Gasteiger partial charge on any atom is 0.573 e. The van der Waals surface area contributed by atoms with Crippen molar-refractivity contribution in [1.82, 2.24) is 5.32 Å². The van der Waals surface area contributed by atoms with Gasteiger partial charge in [0.25, 0.3) is 5.91 Å². The van der Waals surface area contributed by atoms with Crippen LogP contribution in [0.1, 0.15) is 15.9 Å². The van der Waals surface area contributed by atoms with Gasteiger partial charge >= 0.3 is 6.36 Å². The van der Waals surface area contributed by atoms with Crippen molar-refractivity contribution in [2.24, 2.45) is 0 Å². The Kier molecular flexibility index (Phi) is 5.00. The first-order valence-corrected chi connectivity index (χ1v) is 6.74. The van der Waals surface area contributed by atoms with Crippen molar-refractivity contribution < 1.29 is 27.8 Å². The molecule has 0 bridgehead atoms. The van der Waals surface area contributed by atoms with E-state index < -0.39 is 12.3 Å². The normalized spacial score (nSPS) is 11.1. The van der Waals surface area contributed by atoms with Gasteiger partial charge in [-0.3, -0.25) is 4.79 Å². The Morgan fingerprint density at radius 1 is 1.17 bits per heavy atom. The van der Waals surface area contributed by atoms with E-state index in [-0.39, 0.29) is 23.6 Å². The Bertz CT molecular complexity index is 702. The highest BCUT2D eigenvalue weighted by Gasteiger charge is 2.30. The molecule has 0 atom stereocenters. The molecule has 0 unspecified atom stereocenters. The SMILES string of the molecule is O=C(NCc1ccc(OC(F)(F)F)cc1)c1cc(Cl)ccc1O. The zero-order valence-corrected chi connectivity index (χ0v) is 12.3. The molecule has 0 radical (unpaired) electrons. The number of rotatable bonds is 4. The molecule has 0 saturated heterocycles. The maximum absolute atomic E-state index is 12.0. The molecule has 0 aliphatic carbocycles. The van der Waals surface area contributed by atoms with Crippen molar-refractivity contribution in [1.29, 1.82) is 0 Å². The topological polar surface area (TPSA) is 58.6 Å². The molecule has 2 rings (SSSR count). The fourth-order valence-electron chi connectivity index (χ4n) is 1.78. The van der Waals surface area contributed by atoms with E-state index in [4.69, 9.17) is 11.6 Å². The summed E-state index contributed by atoms with van der Waals surface area (Å²) in [5.41, 5.74) is 0.573. The van der Waals surface area contributed by atoms with Crippen molar-refractivity contribution in [3.63, 3.8) is 0 Å². The van der Waals surface area contributed by atoms with E-state index in [0.717, 1.165) is 12.1 Å². The summed E-state index contributed by atoms with van der Waals surface area (Å²) in [6.45, 7) is 0.0666. The van der Waals surface area contributed by atoms with Crippen LogP contribution in [-0.2, 0) is 6.54 Å². The molecule has 0 saturated carbocycles. The molecule has 8 heteroatoms. The molecule has 0 fully saturated rings. The van der Waals surface area contributed by atoms with Gasteiger partial charge in [-0.2, -0.15) is 0 Å². The van der Waals surface area contributed by atoms with Crippen LogP contribution in [0.25, 0.3) is 0 Å². The molecule has 0 aliphatic rings. The number of phenolic OH excluding ortho intramolecular Hbond substituents is 1. The van der Waals surface area contributed by atoms with Crippen LogP contribution in [0.5, 0.6) is 11.5 Å². The monoisotopic (exact) mass is 345 g/mol. The number of carbonyl (C=O) groups excluding carboxylic acids is 1. The fourth-order valence-corrected chi connectivity index (χ4v) is 1.95. The maximum atomic E-state index is 12.0. The minimum Gasteiger partial charge on any atom is -0.507 e. The lowest BCUT2D eigenvalue weighted by molar-refractivity contribution is -0.274.